The first kappa shape index (κ1) is 21.0. The highest BCUT2D eigenvalue weighted by molar-refractivity contribution is 5.76. The Kier molecular flexibility index (Phi) is 9.23. The van der Waals surface area contributed by atoms with Crippen LogP contribution in [0.2, 0.25) is 0 Å². The summed E-state index contributed by atoms with van der Waals surface area (Å²) in [7, 11) is 0. The summed E-state index contributed by atoms with van der Waals surface area (Å²) in [6.07, 6.45) is 9.59. The third kappa shape index (κ3) is 8.39. The number of amides is 3. The zero-order chi connectivity index (χ0) is 18.8. The minimum Gasteiger partial charge on any atom is -0.352 e. The van der Waals surface area contributed by atoms with Gasteiger partial charge in [0.1, 0.15) is 0 Å². The molecule has 2 aliphatic rings. The van der Waals surface area contributed by atoms with Gasteiger partial charge in [0.15, 0.2) is 0 Å². The van der Waals surface area contributed by atoms with Crippen LogP contribution >= 0.6 is 0 Å². The van der Waals surface area contributed by atoms with Gasteiger partial charge < -0.3 is 20.9 Å². The molecule has 2 rings (SSSR count). The fraction of sp³-hybridized carbons (Fsp3) is 0.900. The number of nitrogens with one attached hydrogen (secondary N) is 3. The lowest BCUT2D eigenvalue weighted by molar-refractivity contribution is -0.121. The van der Waals surface area contributed by atoms with E-state index in [1.165, 1.54) is 32.1 Å². The van der Waals surface area contributed by atoms with E-state index < -0.39 is 0 Å². The van der Waals surface area contributed by atoms with Gasteiger partial charge in [-0.3, -0.25) is 4.79 Å². The molecule has 3 N–H and O–H groups in total. The van der Waals surface area contributed by atoms with Gasteiger partial charge in [-0.2, -0.15) is 0 Å². The Hall–Kier alpha value is -1.30. The second kappa shape index (κ2) is 11.4. The van der Waals surface area contributed by atoms with Crippen molar-refractivity contribution in [2.24, 2.45) is 5.92 Å². The molecule has 6 heteroatoms. The van der Waals surface area contributed by atoms with Gasteiger partial charge in [0.2, 0.25) is 5.91 Å². The molecule has 2 fully saturated rings. The van der Waals surface area contributed by atoms with Crippen LogP contribution < -0.4 is 16.0 Å². The monoisotopic (exact) mass is 366 g/mol. The van der Waals surface area contributed by atoms with E-state index in [0.29, 0.717) is 25.4 Å². The van der Waals surface area contributed by atoms with Crippen molar-refractivity contribution in [1.82, 2.24) is 20.9 Å². The van der Waals surface area contributed by atoms with Gasteiger partial charge in [0.25, 0.3) is 0 Å². The first-order valence-electron chi connectivity index (χ1n) is 10.6. The molecule has 1 aliphatic carbocycles. The maximum atomic E-state index is 12.1. The van der Waals surface area contributed by atoms with E-state index in [2.05, 4.69) is 34.7 Å². The molecule has 0 aromatic rings. The SMILES string of the molecule is CC1CCCN(CC(C)NC(=O)CCCNC(=O)NC2CCCCC2)C1. The summed E-state index contributed by atoms with van der Waals surface area (Å²) in [6.45, 7) is 8.13. The van der Waals surface area contributed by atoms with Gasteiger partial charge in [-0.15, -0.1) is 0 Å². The van der Waals surface area contributed by atoms with Crippen LogP contribution in [0.5, 0.6) is 0 Å². The van der Waals surface area contributed by atoms with Crippen molar-refractivity contribution in [3.8, 4) is 0 Å². The lowest BCUT2D eigenvalue weighted by Gasteiger charge is -2.32. The second-order valence-corrected chi connectivity index (χ2v) is 8.31. The zero-order valence-corrected chi connectivity index (χ0v) is 16.7. The summed E-state index contributed by atoms with van der Waals surface area (Å²) in [5, 5.41) is 8.99. The van der Waals surface area contributed by atoms with Crippen LogP contribution in [0.25, 0.3) is 0 Å². The standard InChI is InChI=1S/C20H38N4O2/c1-16-8-7-13-24(14-16)15-17(2)22-19(25)11-6-12-21-20(26)23-18-9-4-3-5-10-18/h16-18H,3-15H2,1-2H3,(H,22,25)(H2,21,23,26). The summed E-state index contributed by atoms with van der Waals surface area (Å²) >= 11 is 0. The second-order valence-electron chi connectivity index (χ2n) is 8.31. The molecule has 0 aromatic carbocycles. The van der Waals surface area contributed by atoms with Gasteiger partial charge in [0.05, 0.1) is 0 Å². The van der Waals surface area contributed by atoms with E-state index in [4.69, 9.17) is 0 Å². The van der Waals surface area contributed by atoms with Gasteiger partial charge in [-0.05, 0) is 51.5 Å². The van der Waals surface area contributed by atoms with Crippen LogP contribution in [-0.2, 0) is 4.79 Å². The molecule has 0 aromatic heterocycles. The van der Waals surface area contributed by atoms with Crippen LogP contribution in [-0.4, -0.2) is 55.1 Å². The van der Waals surface area contributed by atoms with E-state index in [1.54, 1.807) is 0 Å². The number of hydrogen-bond donors (Lipinski definition) is 3. The number of rotatable bonds is 8. The number of carbonyl (C=O) groups excluding carboxylic acids is 2. The van der Waals surface area contributed by atoms with Crippen LogP contribution in [0.1, 0.15) is 71.6 Å². The number of piperidine rings is 1. The van der Waals surface area contributed by atoms with E-state index >= 15 is 0 Å². The van der Waals surface area contributed by atoms with Crippen LogP contribution in [0.15, 0.2) is 0 Å². The van der Waals surface area contributed by atoms with Crippen LogP contribution in [0.4, 0.5) is 4.79 Å². The number of carbonyl (C=O) groups is 2. The Labute approximate surface area is 158 Å². The summed E-state index contributed by atoms with van der Waals surface area (Å²) in [4.78, 5) is 26.4. The molecular weight excluding hydrogens is 328 g/mol. The van der Waals surface area contributed by atoms with E-state index in [1.807, 2.05) is 0 Å². The van der Waals surface area contributed by atoms with Crippen molar-refractivity contribution in [1.29, 1.82) is 0 Å². The summed E-state index contributed by atoms with van der Waals surface area (Å²) < 4.78 is 0. The molecular formula is C20H38N4O2. The summed E-state index contributed by atoms with van der Waals surface area (Å²) in [6, 6.07) is 0.408. The van der Waals surface area contributed by atoms with Crippen LogP contribution in [0, 0.1) is 5.92 Å². The molecule has 0 radical (unpaired) electrons. The molecule has 1 saturated heterocycles. The highest BCUT2D eigenvalue weighted by Gasteiger charge is 2.19. The molecule has 1 saturated carbocycles. The average molecular weight is 367 g/mol. The summed E-state index contributed by atoms with van der Waals surface area (Å²) in [5.41, 5.74) is 0. The first-order chi connectivity index (χ1) is 12.5. The lowest BCUT2D eigenvalue weighted by atomic mass is 9.96. The molecule has 150 valence electrons. The van der Waals surface area contributed by atoms with E-state index in [9.17, 15) is 9.59 Å². The largest absolute Gasteiger partial charge is 0.352 e. The van der Waals surface area contributed by atoms with Gasteiger partial charge in [0, 0.05) is 38.1 Å². The normalized spacial score (nSPS) is 23.2. The molecule has 2 unspecified atom stereocenters. The van der Waals surface area contributed by atoms with Crippen molar-refractivity contribution < 1.29 is 9.59 Å². The van der Waals surface area contributed by atoms with Crippen molar-refractivity contribution in [2.45, 2.75) is 83.7 Å². The minimum atomic E-state index is -0.0927. The Morgan fingerprint density at radius 1 is 1.12 bits per heavy atom. The van der Waals surface area contributed by atoms with E-state index in [-0.39, 0.29) is 18.0 Å². The Balaban J connectivity index is 1.50. The molecule has 2 atom stereocenters. The highest BCUT2D eigenvalue weighted by Crippen LogP contribution is 2.17. The predicted octanol–water partition coefficient (Wildman–Crippen LogP) is 2.64. The zero-order valence-electron chi connectivity index (χ0n) is 16.7. The maximum Gasteiger partial charge on any atom is 0.315 e. The topological polar surface area (TPSA) is 73.5 Å². The van der Waals surface area contributed by atoms with Crippen LogP contribution in [0.3, 0.4) is 0 Å². The molecule has 1 heterocycles. The number of nitrogens with zero attached hydrogens (tertiary/aromatic N) is 1. The fourth-order valence-corrected chi connectivity index (χ4v) is 4.17. The Bertz CT molecular complexity index is 438. The smallest absolute Gasteiger partial charge is 0.315 e. The Morgan fingerprint density at radius 2 is 1.88 bits per heavy atom. The lowest BCUT2D eigenvalue weighted by Crippen LogP contribution is -2.45. The van der Waals surface area contributed by atoms with Crippen molar-refractivity contribution in [2.75, 3.05) is 26.2 Å². The van der Waals surface area contributed by atoms with Crippen molar-refractivity contribution in [3.05, 3.63) is 0 Å². The van der Waals surface area contributed by atoms with Gasteiger partial charge in [-0.1, -0.05) is 26.2 Å². The third-order valence-electron chi connectivity index (χ3n) is 5.49. The molecule has 6 nitrogen and oxygen atoms in total. The number of urea groups is 1. The molecule has 3 amide bonds. The minimum absolute atomic E-state index is 0.0806. The molecule has 26 heavy (non-hydrogen) atoms. The Morgan fingerprint density at radius 3 is 2.62 bits per heavy atom. The van der Waals surface area contributed by atoms with Gasteiger partial charge in [-0.25, -0.2) is 4.79 Å². The van der Waals surface area contributed by atoms with E-state index in [0.717, 1.165) is 38.4 Å². The first-order valence-corrected chi connectivity index (χ1v) is 10.6. The number of hydrogen-bond acceptors (Lipinski definition) is 3. The number of likely N-dealkylation sites (tertiary alicyclic amines) is 1. The molecule has 1 aliphatic heterocycles. The quantitative estimate of drug-likeness (QED) is 0.578. The third-order valence-corrected chi connectivity index (χ3v) is 5.49. The van der Waals surface area contributed by atoms with Crippen molar-refractivity contribution in [3.63, 3.8) is 0 Å². The predicted molar refractivity (Wildman–Crippen MR) is 105 cm³/mol. The average Bonchev–Trinajstić information content (AvgIpc) is 2.59. The molecule has 0 bridgehead atoms. The highest BCUT2D eigenvalue weighted by atomic mass is 16.2. The molecule has 0 spiro atoms. The maximum absolute atomic E-state index is 12.1. The van der Waals surface area contributed by atoms with Crippen molar-refractivity contribution >= 4 is 11.9 Å². The fourth-order valence-electron chi connectivity index (χ4n) is 4.17. The van der Waals surface area contributed by atoms with Gasteiger partial charge >= 0.3 is 6.03 Å². The summed E-state index contributed by atoms with van der Waals surface area (Å²) in [5.74, 6) is 0.842.